The van der Waals surface area contributed by atoms with Crippen LogP contribution in [-0.4, -0.2) is 14.0 Å². The zero-order valence-electron chi connectivity index (χ0n) is 13.2. The van der Waals surface area contributed by atoms with Crippen LogP contribution in [0.15, 0.2) is 59.4 Å². The minimum absolute atomic E-state index is 0.0390. The minimum Gasteiger partial charge on any atom is -0.305 e. The lowest BCUT2D eigenvalue weighted by atomic mass is 10.2. The SMILES string of the molecule is CCc1cc(=O)n2c3ccccc3n(Cc3ccc(Cl)cc3)c2n1. The highest BCUT2D eigenvalue weighted by molar-refractivity contribution is 6.30. The van der Waals surface area contributed by atoms with Crippen LogP contribution < -0.4 is 5.56 Å². The molecule has 0 aliphatic rings. The van der Waals surface area contributed by atoms with E-state index in [1.807, 2.05) is 55.5 Å². The summed E-state index contributed by atoms with van der Waals surface area (Å²) in [6.45, 7) is 2.64. The summed E-state index contributed by atoms with van der Waals surface area (Å²) in [5, 5.41) is 0.712. The molecule has 2 heterocycles. The number of rotatable bonds is 3. The van der Waals surface area contributed by atoms with Crippen LogP contribution in [0.3, 0.4) is 0 Å². The van der Waals surface area contributed by atoms with Crippen molar-refractivity contribution in [3.8, 4) is 0 Å². The lowest BCUT2D eigenvalue weighted by Gasteiger charge is -2.07. The van der Waals surface area contributed by atoms with Crippen LogP contribution in [-0.2, 0) is 13.0 Å². The molecular weight excluding hydrogens is 322 g/mol. The van der Waals surface area contributed by atoms with E-state index in [1.165, 1.54) is 0 Å². The van der Waals surface area contributed by atoms with Gasteiger partial charge in [0.2, 0.25) is 5.78 Å². The molecule has 120 valence electrons. The van der Waals surface area contributed by atoms with Crippen molar-refractivity contribution in [1.82, 2.24) is 14.0 Å². The van der Waals surface area contributed by atoms with Gasteiger partial charge in [0.1, 0.15) is 0 Å². The summed E-state index contributed by atoms with van der Waals surface area (Å²) in [6, 6.07) is 17.3. The van der Waals surface area contributed by atoms with Crippen LogP contribution in [0.4, 0.5) is 0 Å². The van der Waals surface area contributed by atoms with Gasteiger partial charge in [-0.1, -0.05) is 42.8 Å². The molecule has 0 saturated carbocycles. The molecule has 5 heteroatoms. The molecular formula is C19H16ClN3O. The van der Waals surface area contributed by atoms with E-state index in [4.69, 9.17) is 16.6 Å². The summed E-state index contributed by atoms with van der Waals surface area (Å²) in [4.78, 5) is 17.3. The average Bonchev–Trinajstić information content (AvgIpc) is 2.91. The molecule has 4 rings (SSSR count). The minimum atomic E-state index is -0.0390. The van der Waals surface area contributed by atoms with Crippen molar-refractivity contribution in [2.45, 2.75) is 19.9 Å². The molecule has 0 amide bonds. The third-order valence-electron chi connectivity index (χ3n) is 4.23. The number of aryl methyl sites for hydroxylation is 1. The van der Waals surface area contributed by atoms with Gasteiger partial charge in [0.15, 0.2) is 0 Å². The Morgan fingerprint density at radius 2 is 1.75 bits per heavy atom. The molecule has 24 heavy (non-hydrogen) atoms. The second kappa shape index (κ2) is 5.80. The molecule has 0 unspecified atom stereocenters. The number of fused-ring (bicyclic) bond motifs is 3. The molecule has 0 bridgehead atoms. The van der Waals surface area contributed by atoms with Gasteiger partial charge in [0, 0.05) is 16.8 Å². The lowest BCUT2D eigenvalue weighted by Crippen LogP contribution is -2.15. The van der Waals surface area contributed by atoms with Gasteiger partial charge in [-0.25, -0.2) is 9.38 Å². The van der Waals surface area contributed by atoms with Crippen molar-refractivity contribution in [3.05, 3.63) is 81.2 Å². The number of para-hydroxylation sites is 2. The molecule has 2 aromatic heterocycles. The summed E-state index contributed by atoms with van der Waals surface area (Å²) in [5.41, 5.74) is 3.74. The van der Waals surface area contributed by atoms with Crippen molar-refractivity contribution in [3.63, 3.8) is 0 Å². The fourth-order valence-electron chi connectivity index (χ4n) is 3.02. The number of hydrogen-bond donors (Lipinski definition) is 0. The molecule has 0 N–H and O–H groups in total. The van der Waals surface area contributed by atoms with Gasteiger partial charge in [0.25, 0.3) is 5.56 Å². The normalized spacial score (nSPS) is 11.4. The number of hydrogen-bond acceptors (Lipinski definition) is 2. The second-order valence-electron chi connectivity index (χ2n) is 5.78. The smallest absolute Gasteiger partial charge is 0.259 e. The molecule has 0 spiro atoms. The Bertz CT molecular complexity index is 1090. The van der Waals surface area contributed by atoms with Gasteiger partial charge in [-0.05, 0) is 36.2 Å². The van der Waals surface area contributed by atoms with Crippen LogP contribution in [0.2, 0.25) is 5.02 Å². The molecule has 0 atom stereocenters. The maximum absolute atomic E-state index is 12.6. The van der Waals surface area contributed by atoms with E-state index in [0.717, 1.165) is 28.7 Å². The number of aromatic nitrogens is 3. The van der Waals surface area contributed by atoms with E-state index in [9.17, 15) is 4.79 Å². The largest absolute Gasteiger partial charge is 0.305 e. The first-order valence-corrected chi connectivity index (χ1v) is 8.29. The quantitative estimate of drug-likeness (QED) is 0.568. The van der Waals surface area contributed by atoms with E-state index in [-0.39, 0.29) is 5.56 Å². The van der Waals surface area contributed by atoms with Crippen molar-refractivity contribution < 1.29 is 0 Å². The molecule has 0 aliphatic heterocycles. The first-order chi connectivity index (χ1) is 11.7. The number of benzene rings is 2. The van der Waals surface area contributed by atoms with Gasteiger partial charge in [-0.2, -0.15) is 0 Å². The van der Waals surface area contributed by atoms with E-state index >= 15 is 0 Å². The third kappa shape index (κ3) is 2.39. The van der Waals surface area contributed by atoms with Gasteiger partial charge in [-0.15, -0.1) is 0 Å². The summed E-state index contributed by atoms with van der Waals surface area (Å²) < 4.78 is 3.77. The number of imidazole rings is 1. The van der Waals surface area contributed by atoms with Crippen LogP contribution in [0.5, 0.6) is 0 Å². The maximum Gasteiger partial charge on any atom is 0.259 e. The highest BCUT2D eigenvalue weighted by Gasteiger charge is 2.14. The molecule has 0 aliphatic carbocycles. The Morgan fingerprint density at radius 3 is 2.46 bits per heavy atom. The van der Waals surface area contributed by atoms with Gasteiger partial charge in [-0.3, -0.25) is 4.79 Å². The highest BCUT2D eigenvalue weighted by Crippen LogP contribution is 2.21. The summed E-state index contributed by atoms with van der Waals surface area (Å²) in [6.07, 6.45) is 0.730. The Balaban J connectivity index is 2.02. The molecule has 0 radical (unpaired) electrons. The molecule has 2 aromatic carbocycles. The van der Waals surface area contributed by atoms with Crippen molar-refractivity contribution in [2.24, 2.45) is 0 Å². The predicted molar refractivity (Wildman–Crippen MR) is 96.9 cm³/mol. The Morgan fingerprint density at radius 1 is 1.04 bits per heavy atom. The van der Waals surface area contributed by atoms with E-state index in [2.05, 4.69) is 4.57 Å². The van der Waals surface area contributed by atoms with Crippen LogP contribution in [0.1, 0.15) is 18.2 Å². The summed E-state index contributed by atoms with van der Waals surface area (Å²) in [5.74, 6) is 0.676. The van der Waals surface area contributed by atoms with Gasteiger partial charge < -0.3 is 4.57 Å². The zero-order valence-corrected chi connectivity index (χ0v) is 14.0. The van der Waals surface area contributed by atoms with Gasteiger partial charge in [0.05, 0.1) is 17.6 Å². The van der Waals surface area contributed by atoms with E-state index in [1.54, 1.807) is 10.5 Å². The second-order valence-corrected chi connectivity index (χ2v) is 6.21. The first kappa shape index (κ1) is 15.0. The molecule has 4 nitrogen and oxygen atoms in total. The molecule has 4 aromatic rings. The summed E-state index contributed by atoms with van der Waals surface area (Å²) in [7, 11) is 0. The fraction of sp³-hybridized carbons (Fsp3) is 0.158. The van der Waals surface area contributed by atoms with Crippen LogP contribution in [0.25, 0.3) is 16.8 Å². The highest BCUT2D eigenvalue weighted by atomic mass is 35.5. The standard InChI is InChI=1S/C19H16ClN3O/c1-2-15-11-18(24)23-17-6-4-3-5-16(17)22(19(23)21-15)12-13-7-9-14(20)10-8-13/h3-11H,2,12H2,1H3. The van der Waals surface area contributed by atoms with E-state index < -0.39 is 0 Å². The average molecular weight is 338 g/mol. The van der Waals surface area contributed by atoms with Crippen molar-refractivity contribution in [1.29, 1.82) is 0 Å². The summed E-state index contributed by atoms with van der Waals surface area (Å²) >= 11 is 5.98. The molecule has 0 saturated heterocycles. The maximum atomic E-state index is 12.6. The Kier molecular flexibility index (Phi) is 3.62. The van der Waals surface area contributed by atoms with Crippen molar-refractivity contribution >= 4 is 28.4 Å². The van der Waals surface area contributed by atoms with Gasteiger partial charge >= 0.3 is 0 Å². The number of halogens is 1. The topological polar surface area (TPSA) is 39.3 Å². The fourth-order valence-corrected chi connectivity index (χ4v) is 3.15. The van der Waals surface area contributed by atoms with Crippen LogP contribution in [0, 0.1) is 0 Å². The van der Waals surface area contributed by atoms with Crippen molar-refractivity contribution in [2.75, 3.05) is 0 Å². The third-order valence-corrected chi connectivity index (χ3v) is 4.48. The number of nitrogens with zero attached hydrogens (tertiary/aromatic N) is 3. The Labute approximate surface area is 143 Å². The predicted octanol–water partition coefficient (Wildman–Crippen LogP) is 3.91. The van der Waals surface area contributed by atoms with Crippen LogP contribution >= 0.6 is 11.6 Å². The Hall–Kier alpha value is -2.59. The lowest BCUT2D eigenvalue weighted by molar-refractivity contribution is 0.823. The molecule has 0 fully saturated rings. The monoisotopic (exact) mass is 337 g/mol. The first-order valence-electron chi connectivity index (χ1n) is 7.91. The zero-order chi connectivity index (χ0) is 16.7. The van der Waals surface area contributed by atoms with E-state index in [0.29, 0.717) is 17.3 Å².